The highest BCUT2D eigenvalue weighted by atomic mass is 32.2. The lowest BCUT2D eigenvalue weighted by atomic mass is 10.2. The third kappa shape index (κ3) is 4.13. The Morgan fingerprint density at radius 1 is 1.10 bits per heavy atom. The summed E-state index contributed by atoms with van der Waals surface area (Å²) in [5, 5.41) is 8.01. The van der Waals surface area contributed by atoms with Crippen molar-refractivity contribution in [1.82, 2.24) is 19.3 Å². The average molecular weight is 422 g/mol. The number of rotatable bonds is 5. The second-order valence-electron chi connectivity index (χ2n) is 6.90. The van der Waals surface area contributed by atoms with E-state index in [0.29, 0.717) is 16.1 Å². The van der Waals surface area contributed by atoms with Gasteiger partial charge in [0.05, 0.1) is 17.1 Å². The van der Waals surface area contributed by atoms with Crippen LogP contribution in [0.4, 0.5) is 10.1 Å². The molecule has 1 N–H and O–H groups in total. The zero-order valence-corrected chi connectivity index (χ0v) is 17.6. The largest absolute Gasteiger partial charge is 0.329 e. The van der Waals surface area contributed by atoms with Gasteiger partial charge in [-0.2, -0.15) is 5.10 Å². The first-order chi connectivity index (χ1) is 14.4. The lowest BCUT2D eigenvalue weighted by Gasteiger charge is -2.12. The molecule has 8 heteroatoms. The maximum Gasteiger partial charge on any atom is 0.255 e. The molecule has 0 radical (unpaired) electrons. The smallest absolute Gasteiger partial charge is 0.255 e. The average Bonchev–Trinajstić information content (AvgIpc) is 3.28. The number of amides is 1. The summed E-state index contributed by atoms with van der Waals surface area (Å²) in [7, 11) is 1.88. The number of carbonyl (C=O) groups excluding carboxylic acids is 1. The highest BCUT2D eigenvalue weighted by Crippen LogP contribution is 2.33. The van der Waals surface area contributed by atoms with E-state index in [1.54, 1.807) is 24.4 Å². The van der Waals surface area contributed by atoms with Crippen molar-refractivity contribution in [1.29, 1.82) is 0 Å². The molecule has 4 rings (SSSR count). The summed E-state index contributed by atoms with van der Waals surface area (Å²) < 4.78 is 17.5. The molecule has 6 nitrogen and oxygen atoms in total. The number of aromatic nitrogens is 4. The fourth-order valence-corrected chi connectivity index (χ4v) is 3.95. The maximum atomic E-state index is 13.8. The van der Waals surface area contributed by atoms with Gasteiger partial charge in [0.25, 0.3) is 5.91 Å². The molecule has 1 amide bonds. The van der Waals surface area contributed by atoms with E-state index in [0.717, 1.165) is 22.2 Å². The fourth-order valence-electron chi connectivity index (χ4n) is 3.08. The lowest BCUT2D eigenvalue weighted by Crippen LogP contribution is -2.13. The molecular formula is C22H20FN5OS. The molecule has 4 aromatic rings. The molecule has 152 valence electrons. The lowest BCUT2D eigenvalue weighted by molar-refractivity contribution is 0.102. The van der Waals surface area contributed by atoms with Gasteiger partial charge in [0, 0.05) is 35.6 Å². The summed E-state index contributed by atoms with van der Waals surface area (Å²) in [5.74, 6) is -0.739. The Balaban J connectivity index is 1.56. The molecule has 30 heavy (non-hydrogen) atoms. The molecule has 0 unspecified atom stereocenters. The van der Waals surface area contributed by atoms with Gasteiger partial charge in [-0.1, -0.05) is 0 Å². The predicted octanol–water partition coefficient (Wildman–Crippen LogP) is 4.77. The van der Waals surface area contributed by atoms with Crippen LogP contribution in [0.2, 0.25) is 0 Å². The molecule has 0 spiro atoms. The topological polar surface area (TPSA) is 64.7 Å². The monoisotopic (exact) mass is 421 g/mol. The van der Waals surface area contributed by atoms with E-state index in [4.69, 9.17) is 0 Å². The van der Waals surface area contributed by atoms with E-state index >= 15 is 0 Å². The van der Waals surface area contributed by atoms with Crippen molar-refractivity contribution in [2.75, 3.05) is 5.32 Å². The van der Waals surface area contributed by atoms with Crippen molar-refractivity contribution in [3.05, 3.63) is 83.7 Å². The van der Waals surface area contributed by atoms with Crippen LogP contribution in [0.3, 0.4) is 0 Å². The molecule has 0 saturated carbocycles. The first-order valence-electron chi connectivity index (χ1n) is 9.30. The first-order valence-corrected chi connectivity index (χ1v) is 10.1. The molecule has 0 bridgehead atoms. The number of benzene rings is 2. The summed E-state index contributed by atoms with van der Waals surface area (Å²) in [6.45, 7) is 3.91. The van der Waals surface area contributed by atoms with Crippen LogP contribution in [0.15, 0.2) is 71.0 Å². The molecule has 0 aliphatic heterocycles. The second kappa shape index (κ2) is 8.16. The van der Waals surface area contributed by atoms with Gasteiger partial charge in [-0.3, -0.25) is 4.79 Å². The Bertz CT molecular complexity index is 1210. The van der Waals surface area contributed by atoms with Crippen LogP contribution in [0, 0.1) is 19.7 Å². The number of aryl methyl sites for hydroxylation is 3. The number of nitrogens with one attached hydrogen (secondary N) is 1. The van der Waals surface area contributed by atoms with Crippen molar-refractivity contribution < 1.29 is 9.18 Å². The molecule has 2 heterocycles. The maximum absolute atomic E-state index is 13.8. The highest BCUT2D eigenvalue weighted by molar-refractivity contribution is 7.99. The standard InChI is InChI=1S/C22H20FN5OS/c1-14-12-15(2)28(26-14)18-7-4-16(5-8-18)21(29)25-19-13-17(23)6-9-20(19)30-22-24-10-11-27(22)3/h4-13H,1-3H3,(H,25,29). The van der Waals surface area contributed by atoms with E-state index in [1.807, 2.05) is 54.5 Å². The van der Waals surface area contributed by atoms with Crippen molar-refractivity contribution in [2.24, 2.45) is 7.05 Å². The number of anilines is 1. The van der Waals surface area contributed by atoms with Crippen LogP contribution in [-0.4, -0.2) is 25.2 Å². The molecule has 2 aromatic carbocycles. The Labute approximate surface area is 177 Å². The number of halogens is 1. The molecule has 0 aliphatic rings. The summed E-state index contributed by atoms with van der Waals surface area (Å²) in [6, 6.07) is 13.4. The van der Waals surface area contributed by atoms with Crippen LogP contribution < -0.4 is 5.32 Å². The highest BCUT2D eigenvalue weighted by Gasteiger charge is 2.14. The zero-order chi connectivity index (χ0) is 21.3. The zero-order valence-electron chi connectivity index (χ0n) is 16.8. The quantitative estimate of drug-likeness (QED) is 0.504. The van der Waals surface area contributed by atoms with Crippen molar-refractivity contribution >= 4 is 23.4 Å². The third-order valence-electron chi connectivity index (χ3n) is 4.55. The second-order valence-corrected chi connectivity index (χ2v) is 7.91. The number of hydrogen-bond donors (Lipinski definition) is 1. The number of carbonyl (C=O) groups is 1. The normalized spacial score (nSPS) is 10.9. The molecule has 0 saturated heterocycles. The van der Waals surface area contributed by atoms with E-state index in [2.05, 4.69) is 15.4 Å². The van der Waals surface area contributed by atoms with Gasteiger partial charge in [0.15, 0.2) is 5.16 Å². The van der Waals surface area contributed by atoms with Crippen molar-refractivity contribution in [3.63, 3.8) is 0 Å². The fraction of sp³-hybridized carbons (Fsp3) is 0.136. The van der Waals surface area contributed by atoms with Crippen LogP contribution in [-0.2, 0) is 7.05 Å². The summed E-state index contributed by atoms with van der Waals surface area (Å²) >= 11 is 1.36. The van der Waals surface area contributed by atoms with E-state index in [9.17, 15) is 9.18 Å². The minimum Gasteiger partial charge on any atom is -0.329 e. The molecular weight excluding hydrogens is 401 g/mol. The number of hydrogen-bond acceptors (Lipinski definition) is 4. The number of imidazole rings is 1. The van der Waals surface area contributed by atoms with E-state index < -0.39 is 5.82 Å². The Hall–Kier alpha value is -3.39. The van der Waals surface area contributed by atoms with Crippen molar-refractivity contribution in [2.45, 2.75) is 23.9 Å². The van der Waals surface area contributed by atoms with Gasteiger partial charge in [-0.15, -0.1) is 0 Å². The SMILES string of the molecule is Cc1cc(C)n(-c2ccc(C(=O)Nc3cc(F)ccc3Sc3nccn3C)cc2)n1. The Morgan fingerprint density at radius 2 is 1.87 bits per heavy atom. The van der Waals surface area contributed by atoms with Crippen LogP contribution in [0.1, 0.15) is 21.7 Å². The van der Waals surface area contributed by atoms with E-state index in [-0.39, 0.29) is 5.91 Å². The molecule has 2 aromatic heterocycles. The van der Waals surface area contributed by atoms with Crippen LogP contribution in [0.25, 0.3) is 5.69 Å². The summed E-state index contributed by atoms with van der Waals surface area (Å²) in [4.78, 5) is 17.8. The van der Waals surface area contributed by atoms with Crippen LogP contribution in [0.5, 0.6) is 0 Å². The molecule has 0 aliphatic carbocycles. The minimum absolute atomic E-state index is 0.317. The summed E-state index contributed by atoms with van der Waals surface area (Å²) in [6.07, 6.45) is 3.52. The van der Waals surface area contributed by atoms with Gasteiger partial charge >= 0.3 is 0 Å². The minimum atomic E-state index is -0.422. The van der Waals surface area contributed by atoms with Crippen LogP contribution >= 0.6 is 11.8 Å². The third-order valence-corrected chi connectivity index (χ3v) is 5.70. The molecule has 0 fully saturated rings. The Morgan fingerprint density at radius 3 is 2.50 bits per heavy atom. The Kier molecular flexibility index (Phi) is 5.41. The molecule has 0 atom stereocenters. The summed E-state index contributed by atoms with van der Waals surface area (Å²) in [5.41, 5.74) is 3.68. The van der Waals surface area contributed by atoms with Gasteiger partial charge in [0.2, 0.25) is 0 Å². The van der Waals surface area contributed by atoms with Gasteiger partial charge in [-0.05, 0) is 74.1 Å². The van der Waals surface area contributed by atoms with Gasteiger partial charge in [0.1, 0.15) is 5.82 Å². The predicted molar refractivity (Wildman–Crippen MR) is 115 cm³/mol. The van der Waals surface area contributed by atoms with E-state index in [1.165, 1.54) is 23.9 Å². The number of nitrogens with zero attached hydrogens (tertiary/aromatic N) is 4. The van der Waals surface area contributed by atoms with Crippen molar-refractivity contribution in [3.8, 4) is 5.69 Å². The van der Waals surface area contributed by atoms with Gasteiger partial charge in [-0.25, -0.2) is 14.1 Å². The first kappa shape index (κ1) is 19.9. The van der Waals surface area contributed by atoms with Gasteiger partial charge < -0.3 is 9.88 Å².